The molecule has 1 unspecified atom stereocenters. The van der Waals surface area contributed by atoms with Gasteiger partial charge < -0.3 is 9.47 Å². The van der Waals surface area contributed by atoms with Gasteiger partial charge in [0.25, 0.3) is 0 Å². The Balaban J connectivity index is 2.15. The minimum Gasteiger partial charge on any atom is -0.458 e. The molecule has 0 spiro atoms. The third-order valence-electron chi connectivity index (χ3n) is 5.35. The first-order valence-corrected chi connectivity index (χ1v) is 7.56. The number of carbonyl (C=O) groups excluding carboxylic acids is 2. The predicted molar refractivity (Wildman–Crippen MR) is 77.1 cm³/mol. The summed E-state index contributed by atoms with van der Waals surface area (Å²) in [7, 11) is 0. The van der Waals surface area contributed by atoms with Gasteiger partial charge in [0.05, 0.1) is 5.57 Å². The quantitative estimate of drug-likeness (QED) is 0.696. The molecule has 0 aromatic heterocycles. The number of carbonyl (C=O) groups is 2. The van der Waals surface area contributed by atoms with E-state index in [1.807, 2.05) is 0 Å². The SMILES string of the molecule is CC(=O)OC1=CC2=C(COC2=O)[C@@]2(C)CCCC(C)(C)C12. The van der Waals surface area contributed by atoms with Gasteiger partial charge in [-0.05, 0) is 29.9 Å². The van der Waals surface area contributed by atoms with Crippen LogP contribution in [0, 0.1) is 16.7 Å². The van der Waals surface area contributed by atoms with Crippen molar-refractivity contribution in [1.82, 2.24) is 0 Å². The van der Waals surface area contributed by atoms with Gasteiger partial charge in [-0.2, -0.15) is 0 Å². The summed E-state index contributed by atoms with van der Waals surface area (Å²) in [6, 6.07) is 0. The first-order chi connectivity index (χ1) is 9.75. The smallest absolute Gasteiger partial charge is 0.338 e. The highest BCUT2D eigenvalue weighted by atomic mass is 16.5. The molecule has 114 valence electrons. The van der Waals surface area contributed by atoms with Gasteiger partial charge in [0.1, 0.15) is 12.4 Å². The summed E-state index contributed by atoms with van der Waals surface area (Å²) < 4.78 is 10.7. The molecule has 21 heavy (non-hydrogen) atoms. The van der Waals surface area contributed by atoms with E-state index in [0.717, 1.165) is 24.8 Å². The highest BCUT2D eigenvalue weighted by Gasteiger charge is 2.55. The molecule has 0 saturated heterocycles. The lowest BCUT2D eigenvalue weighted by atomic mass is 9.51. The van der Waals surface area contributed by atoms with Gasteiger partial charge in [0.2, 0.25) is 0 Å². The van der Waals surface area contributed by atoms with E-state index >= 15 is 0 Å². The van der Waals surface area contributed by atoms with Crippen molar-refractivity contribution in [2.24, 2.45) is 16.7 Å². The number of fused-ring (bicyclic) bond motifs is 2. The van der Waals surface area contributed by atoms with Gasteiger partial charge in [-0.15, -0.1) is 0 Å². The van der Waals surface area contributed by atoms with Crippen LogP contribution in [0.1, 0.15) is 47.0 Å². The van der Waals surface area contributed by atoms with Crippen molar-refractivity contribution in [2.45, 2.75) is 47.0 Å². The lowest BCUT2D eigenvalue weighted by Crippen LogP contribution is -2.47. The molecule has 0 aromatic carbocycles. The van der Waals surface area contributed by atoms with E-state index in [9.17, 15) is 9.59 Å². The molecule has 2 aliphatic carbocycles. The highest BCUT2D eigenvalue weighted by Crippen LogP contribution is 2.60. The molecule has 1 heterocycles. The summed E-state index contributed by atoms with van der Waals surface area (Å²) in [4.78, 5) is 23.4. The molecule has 0 bridgehead atoms. The van der Waals surface area contributed by atoms with Gasteiger partial charge in [-0.25, -0.2) is 4.79 Å². The molecular formula is C17H22O4. The molecule has 4 nitrogen and oxygen atoms in total. The Kier molecular flexibility index (Phi) is 3.05. The molecule has 1 saturated carbocycles. The topological polar surface area (TPSA) is 52.6 Å². The molecular weight excluding hydrogens is 268 g/mol. The molecule has 0 amide bonds. The standard InChI is InChI=1S/C17H22O4/c1-10(18)21-13-8-11-12(9-20-15(11)19)17(4)7-5-6-16(2,3)14(13)17/h8,14H,5-7,9H2,1-4H3/t14?,17-/m1/s1. The van der Waals surface area contributed by atoms with Crippen LogP contribution < -0.4 is 0 Å². The van der Waals surface area contributed by atoms with Crippen molar-refractivity contribution in [1.29, 1.82) is 0 Å². The number of ether oxygens (including phenoxy) is 2. The molecule has 4 heteroatoms. The molecule has 0 N–H and O–H groups in total. The average Bonchev–Trinajstić information content (AvgIpc) is 2.69. The number of allylic oxidation sites excluding steroid dienone is 1. The van der Waals surface area contributed by atoms with E-state index in [2.05, 4.69) is 20.8 Å². The molecule has 3 aliphatic rings. The van der Waals surface area contributed by atoms with Gasteiger partial charge in [-0.1, -0.05) is 27.2 Å². The summed E-state index contributed by atoms with van der Waals surface area (Å²) in [6.07, 6.45) is 4.93. The van der Waals surface area contributed by atoms with Gasteiger partial charge in [0, 0.05) is 18.3 Å². The fourth-order valence-corrected chi connectivity index (χ4v) is 4.60. The van der Waals surface area contributed by atoms with Crippen LogP contribution in [-0.4, -0.2) is 18.5 Å². The lowest BCUT2D eigenvalue weighted by Gasteiger charge is -2.53. The van der Waals surface area contributed by atoms with E-state index in [4.69, 9.17) is 9.47 Å². The van der Waals surface area contributed by atoms with Crippen molar-refractivity contribution >= 4 is 11.9 Å². The van der Waals surface area contributed by atoms with Crippen LogP contribution in [0.25, 0.3) is 0 Å². The molecule has 3 rings (SSSR count). The van der Waals surface area contributed by atoms with E-state index in [0.29, 0.717) is 17.9 Å². The van der Waals surface area contributed by atoms with Gasteiger partial charge in [0.15, 0.2) is 0 Å². The average molecular weight is 290 g/mol. The first-order valence-electron chi connectivity index (χ1n) is 7.56. The van der Waals surface area contributed by atoms with Crippen molar-refractivity contribution in [2.75, 3.05) is 6.61 Å². The molecule has 2 atom stereocenters. The molecule has 0 radical (unpaired) electrons. The number of cyclic esters (lactones) is 1. The van der Waals surface area contributed by atoms with Crippen molar-refractivity contribution < 1.29 is 19.1 Å². The number of hydrogen-bond donors (Lipinski definition) is 0. The zero-order chi connectivity index (χ0) is 15.4. The normalized spacial score (nSPS) is 33.8. The number of rotatable bonds is 1. The maximum atomic E-state index is 12.0. The maximum absolute atomic E-state index is 12.0. The maximum Gasteiger partial charge on any atom is 0.338 e. The van der Waals surface area contributed by atoms with Crippen LogP contribution in [-0.2, 0) is 19.1 Å². The van der Waals surface area contributed by atoms with E-state index in [1.54, 1.807) is 6.08 Å². The summed E-state index contributed by atoms with van der Waals surface area (Å²) in [6.45, 7) is 8.41. The summed E-state index contributed by atoms with van der Waals surface area (Å²) in [5.41, 5.74) is 1.55. The minimum absolute atomic E-state index is 0.0262. The molecule has 1 aliphatic heterocycles. The fraction of sp³-hybridized carbons (Fsp3) is 0.647. The van der Waals surface area contributed by atoms with Crippen molar-refractivity contribution in [3.05, 3.63) is 23.0 Å². The van der Waals surface area contributed by atoms with Crippen LogP contribution in [0.3, 0.4) is 0 Å². The Morgan fingerprint density at radius 3 is 2.71 bits per heavy atom. The molecule has 0 aromatic rings. The zero-order valence-electron chi connectivity index (χ0n) is 13.1. The summed E-state index contributed by atoms with van der Waals surface area (Å²) in [5, 5.41) is 0. The number of esters is 2. The Morgan fingerprint density at radius 1 is 1.33 bits per heavy atom. The van der Waals surface area contributed by atoms with Crippen molar-refractivity contribution in [3.63, 3.8) is 0 Å². The van der Waals surface area contributed by atoms with Crippen LogP contribution in [0.15, 0.2) is 23.0 Å². The Bertz CT molecular complexity index is 582. The van der Waals surface area contributed by atoms with Crippen LogP contribution >= 0.6 is 0 Å². The largest absolute Gasteiger partial charge is 0.458 e. The minimum atomic E-state index is -0.333. The zero-order valence-corrected chi connectivity index (χ0v) is 13.1. The third-order valence-corrected chi connectivity index (χ3v) is 5.35. The molecule has 1 fully saturated rings. The summed E-state index contributed by atoms with van der Waals surface area (Å²) in [5.74, 6) is 0.112. The van der Waals surface area contributed by atoms with Crippen LogP contribution in [0.5, 0.6) is 0 Å². The second kappa shape index (κ2) is 4.46. The Labute approximate surface area is 125 Å². The lowest BCUT2D eigenvalue weighted by molar-refractivity contribution is -0.140. The summed E-state index contributed by atoms with van der Waals surface area (Å²) >= 11 is 0. The van der Waals surface area contributed by atoms with Crippen molar-refractivity contribution in [3.8, 4) is 0 Å². The van der Waals surface area contributed by atoms with E-state index in [-0.39, 0.29) is 28.7 Å². The van der Waals surface area contributed by atoms with E-state index < -0.39 is 0 Å². The fourth-order valence-electron chi connectivity index (χ4n) is 4.60. The second-order valence-electron chi connectivity index (χ2n) is 7.30. The Morgan fingerprint density at radius 2 is 2.05 bits per heavy atom. The van der Waals surface area contributed by atoms with Gasteiger partial charge in [-0.3, -0.25) is 4.79 Å². The van der Waals surface area contributed by atoms with Crippen LogP contribution in [0.2, 0.25) is 0 Å². The first kappa shape index (κ1) is 14.4. The van der Waals surface area contributed by atoms with Gasteiger partial charge >= 0.3 is 11.9 Å². The van der Waals surface area contributed by atoms with E-state index in [1.165, 1.54) is 6.92 Å². The number of hydrogen-bond acceptors (Lipinski definition) is 4. The highest BCUT2D eigenvalue weighted by molar-refractivity contribution is 5.96. The third kappa shape index (κ3) is 2.03. The monoisotopic (exact) mass is 290 g/mol. The van der Waals surface area contributed by atoms with Crippen LogP contribution in [0.4, 0.5) is 0 Å². The second-order valence-corrected chi connectivity index (χ2v) is 7.30. The Hall–Kier alpha value is -1.58. The predicted octanol–water partition coefficient (Wildman–Crippen LogP) is 3.13.